The van der Waals surface area contributed by atoms with Crippen LogP contribution >= 0.6 is 0 Å². The zero-order chi connectivity index (χ0) is 28.0. The van der Waals surface area contributed by atoms with Gasteiger partial charge >= 0.3 is 5.97 Å². The van der Waals surface area contributed by atoms with Gasteiger partial charge in [0.05, 0.1) is 5.56 Å². The Bertz CT molecular complexity index is 1610. The van der Waals surface area contributed by atoms with Gasteiger partial charge in [0.15, 0.2) is 5.60 Å². The Hall–Kier alpha value is -4.25. The van der Waals surface area contributed by atoms with Gasteiger partial charge < -0.3 is 19.7 Å². The number of esters is 1. The molecule has 41 heavy (non-hydrogen) atoms. The van der Waals surface area contributed by atoms with Gasteiger partial charge in [-0.1, -0.05) is 62.6 Å². The predicted molar refractivity (Wildman–Crippen MR) is 164 cm³/mol. The van der Waals surface area contributed by atoms with E-state index in [1.165, 1.54) is 37.8 Å². The zero-order valence-corrected chi connectivity index (χ0v) is 23.8. The molecular formula is C36H36N2O3. The summed E-state index contributed by atoms with van der Waals surface area (Å²) < 4.78 is 13.2. The van der Waals surface area contributed by atoms with Gasteiger partial charge in [0.25, 0.3) is 0 Å². The second kappa shape index (κ2) is 10.3. The fraction of sp³-hybridized carbons (Fsp3) is 0.306. The van der Waals surface area contributed by atoms with Crippen LogP contribution in [0.3, 0.4) is 0 Å². The summed E-state index contributed by atoms with van der Waals surface area (Å²) in [6.07, 6.45) is 7.44. The molecule has 7 rings (SSSR count). The van der Waals surface area contributed by atoms with Crippen LogP contribution in [0.1, 0.15) is 78.1 Å². The number of carbonyl (C=O) groups excluding carboxylic acids is 1. The van der Waals surface area contributed by atoms with Crippen LogP contribution in [0, 0.1) is 6.92 Å². The molecule has 0 bridgehead atoms. The van der Waals surface area contributed by atoms with Crippen molar-refractivity contribution in [1.82, 2.24) is 0 Å². The molecule has 1 atom stereocenters. The largest absolute Gasteiger partial charge is 0.456 e. The minimum absolute atomic E-state index is 0.309. The summed E-state index contributed by atoms with van der Waals surface area (Å²) in [4.78, 5) is 15.9. The highest BCUT2D eigenvalue weighted by Crippen LogP contribution is 2.57. The number of para-hydroxylation sites is 1. The Balaban J connectivity index is 1.39. The van der Waals surface area contributed by atoms with Gasteiger partial charge in [-0.05, 0) is 74.2 Å². The quantitative estimate of drug-likeness (QED) is 0.246. The first-order valence-corrected chi connectivity index (χ1v) is 15.0. The van der Waals surface area contributed by atoms with Crippen molar-refractivity contribution >= 4 is 23.0 Å². The summed E-state index contributed by atoms with van der Waals surface area (Å²) in [5.41, 5.74) is 6.23. The molecule has 5 nitrogen and oxygen atoms in total. The van der Waals surface area contributed by atoms with E-state index in [-0.39, 0.29) is 5.97 Å². The van der Waals surface area contributed by atoms with E-state index in [1.54, 1.807) is 0 Å². The van der Waals surface area contributed by atoms with Crippen LogP contribution in [0.4, 0.5) is 17.1 Å². The normalized spacial score (nSPS) is 19.1. The molecule has 3 aliphatic rings. The molecule has 1 spiro atoms. The number of carbonyl (C=O) groups is 1. The maximum atomic E-state index is 13.4. The average molecular weight is 545 g/mol. The second-order valence-corrected chi connectivity index (χ2v) is 11.5. The number of hydrogen-bond acceptors (Lipinski definition) is 5. The van der Waals surface area contributed by atoms with Crippen LogP contribution < -0.4 is 15.0 Å². The Labute approximate surface area is 242 Å². The zero-order valence-electron chi connectivity index (χ0n) is 23.8. The molecule has 1 saturated carbocycles. The van der Waals surface area contributed by atoms with E-state index in [2.05, 4.69) is 54.4 Å². The molecule has 1 unspecified atom stereocenters. The van der Waals surface area contributed by atoms with E-state index in [9.17, 15) is 4.79 Å². The lowest BCUT2D eigenvalue weighted by atomic mass is 9.77. The van der Waals surface area contributed by atoms with Gasteiger partial charge in [0.1, 0.15) is 11.5 Å². The predicted octanol–water partition coefficient (Wildman–Crippen LogP) is 8.86. The third-order valence-electron chi connectivity index (χ3n) is 8.91. The number of nitrogens with zero attached hydrogens (tertiary/aromatic N) is 1. The smallest absolute Gasteiger partial charge is 0.340 e. The van der Waals surface area contributed by atoms with Crippen molar-refractivity contribution < 1.29 is 14.3 Å². The van der Waals surface area contributed by atoms with E-state index >= 15 is 0 Å². The molecule has 2 heterocycles. The number of hydrogen-bond donors (Lipinski definition) is 1. The second-order valence-electron chi connectivity index (χ2n) is 11.5. The van der Waals surface area contributed by atoms with E-state index in [1.807, 2.05) is 54.6 Å². The molecule has 0 aromatic heterocycles. The van der Waals surface area contributed by atoms with Gasteiger partial charge in [0, 0.05) is 52.4 Å². The van der Waals surface area contributed by atoms with Crippen molar-refractivity contribution in [3.63, 3.8) is 0 Å². The minimum Gasteiger partial charge on any atom is -0.456 e. The van der Waals surface area contributed by atoms with Crippen LogP contribution in [0.25, 0.3) is 0 Å². The fourth-order valence-corrected chi connectivity index (χ4v) is 6.95. The summed E-state index contributed by atoms with van der Waals surface area (Å²) in [5.74, 6) is 1.16. The van der Waals surface area contributed by atoms with Crippen molar-refractivity contribution in [2.24, 2.45) is 0 Å². The van der Waals surface area contributed by atoms with Crippen LogP contribution in [0.5, 0.6) is 11.5 Å². The number of fused-ring (bicyclic) bond motifs is 6. The lowest BCUT2D eigenvalue weighted by Gasteiger charge is -2.39. The summed E-state index contributed by atoms with van der Waals surface area (Å²) in [6.45, 7) is 5.33. The van der Waals surface area contributed by atoms with E-state index in [4.69, 9.17) is 9.47 Å². The maximum absolute atomic E-state index is 13.4. The molecule has 4 aromatic carbocycles. The summed E-state index contributed by atoms with van der Waals surface area (Å²) >= 11 is 0. The van der Waals surface area contributed by atoms with Crippen LogP contribution in [-0.2, 0) is 10.3 Å². The Morgan fingerprint density at radius 3 is 2.41 bits per heavy atom. The van der Waals surface area contributed by atoms with Crippen molar-refractivity contribution in [1.29, 1.82) is 0 Å². The highest BCUT2D eigenvalue weighted by Gasteiger charge is 2.53. The first-order valence-electron chi connectivity index (χ1n) is 15.0. The maximum Gasteiger partial charge on any atom is 0.340 e. The van der Waals surface area contributed by atoms with Crippen LogP contribution in [0.15, 0.2) is 84.9 Å². The number of rotatable bonds is 6. The van der Waals surface area contributed by atoms with Gasteiger partial charge in [-0.2, -0.15) is 0 Å². The molecule has 1 aliphatic carbocycles. The van der Waals surface area contributed by atoms with Crippen molar-refractivity contribution in [3.8, 4) is 11.5 Å². The first-order chi connectivity index (χ1) is 20.1. The SMILES string of the molecule is CCCN(c1ccc2c(c1)Oc1cc(C)c(Nc3ccccc3)cc1C21OC(=O)c2ccccc21)C1CCCCC1. The monoisotopic (exact) mass is 544 g/mol. The first kappa shape index (κ1) is 25.7. The van der Waals surface area contributed by atoms with Crippen molar-refractivity contribution in [3.05, 3.63) is 113 Å². The molecule has 1 N–H and O–H groups in total. The third kappa shape index (κ3) is 4.26. The molecule has 0 radical (unpaired) electrons. The van der Waals surface area contributed by atoms with Crippen LogP contribution in [-0.4, -0.2) is 18.6 Å². The molecule has 5 heteroatoms. The topological polar surface area (TPSA) is 50.8 Å². The van der Waals surface area contributed by atoms with E-state index in [0.717, 1.165) is 58.1 Å². The van der Waals surface area contributed by atoms with Gasteiger partial charge in [-0.15, -0.1) is 0 Å². The highest BCUT2D eigenvalue weighted by molar-refractivity contribution is 5.97. The molecule has 2 aliphatic heterocycles. The van der Waals surface area contributed by atoms with Gasteiger partial charge in [0.2, 0.25) is 0 Å². The summed E-state index contributed by atoms with van der Waals surface area (Å²) in [6, 6.07) is 29.1. The molecule has 208 valence electrons. The molecule has 4 aromatic rings. The third-order valence-corrected chi connectivity index (χ3v) is 8.91. The minimum atomic E-state index is -1.09. The molecular weight excluding hydrogens is 508 g/mol. The van der Waals surface area contributed by atoms with Crippen molar-refractivity contribution in [2.75, 3.05) is 16.8 Å². The lowest BCUT2D eigenvalue weighted by molar-refractivity contribution is 0.0224. The van der Waals surface area contributed by atoms with Crippen LogP contribution in [0.2, 0.25) is 0 Å². The van der Waals surface area contributed by atoms with Crippen molar-refractivity contribution in [2.45, 2.75) is 64.0 Å². The Morgan fingerprint density at radius 1 is 0.854 bits per heavy atom. The summed E-state index contributed by atoms with van der Waals surface area (Å²) in [5, 5.41) is 3.56. The standard InChI is InChI=1S/C36H36N2O3/c1-3-20-38(26-14-8-5-9-15-26)27-18-19-30-34(22-27)40-33-21-24(2)32(37-25-12-6-4-7-13-25)23-31(33)36(30)29-17-11-10-16-28(29)35(39)41-36/h4,6-7,10-13,16-19,21-23,26,37H,3,5,8-9,14-15,20H2,1-2H3. The van der Waals surface area contributed by atoms with Gasteiger partial charge in [-0.3, -0.25) is 0 Å². The number of aryl methyl sites for hydroxylation is 1. The molecule has 0 amide bonds. The molecule has 1 fully saturated rings. The average Bonchev–Trinajstić information content (AvgIpc) is 3.30. The van der Waals surface area contributed by atoms with Gasteiger partial charge in [-0.25, -0.2) is 4.79 Å². The van der Waals surface area contributed by atoms with E-state index in [0.29, 0.717) is 11.6 Å². The number of ether oxygens (including phenoxy) is 2. The fourth-order valence-electron chi connectivity index (χ4n) is 6.95. The lowest BCUT2D eigenvalue weighted by Crippen LogP contribution is -2.38. The molecule has 0 saturated heterocycles. The summed E-state index contributed by atoms with van der Waals surface area (Å²) in [7, 11) is 0. The van der Waals surface area contributed by atoms with E-state index < -0.39 is 5.60 Å². The Morgan fingerprint density at radius 2 is 1.61 bits per heavy atom. The highest BCUT2D eigenvalue weighted by atomic mass is 16.6. The Kier molecular flexibility index (Phi) is 6.45. The number of anilines is 3. The number of benzene rings is 4. The number of nitrogens with one attached hydrogen (secondary N) is 1.